The molecule has 1 saturated heterocycles. The third-order valence-corrected chi connectivity index (χ3v) is 4.25. The van der Waals surface area contributed by atoms with E-state index in [0.717, 1.165) is 36.6 Å². The summed E-state index contributed by atoms with van der Waals surface area (Å²) >= 11 is 0. The maximum Gasteiger partial charge on any atom is 0.416 e. The first-order chi connectivity index (χ1) is 11.5. The second-order valence-electron chi connectivity index (χ2n) is 6.22. The largest absolute Gasteiger partial charge is 0.416 e. The lowest BCUT2D eigenvalue weighted by atomic mass is 10.1. The van der Waals surface area contributed by atoms with Crippen molar-refractivity contribution in [3.63, 3.8) is 0 Å². The molecule has 0 spiro atoms. The van der Waals surface area contributed by atoms with E-state index in [1.807, 2.05) is 11.0 Å². The normalized spacial score (nSPS) is 18.4. The van der Waals surface area contributed by atoms with Crippen LogP contribution in [0.1, 0.15) is 30.1 Å². The molecule has 0 unspecified atom stereocenters. The van der Waals surface area contributed by atoms with E-state index in [2.05, 4.69) is 20.3 Å². The van der Waals surface area contributed by atoms with Gasteiger partial charge in [0.2, 0.25) is 0 Å². The Kier molecular flexibility index (Phi) is 3.54. The highest BCUT2D eigenvalue weighted by Crippen LogP contribution is 2.38. The zero-order valence-electron chi connectivity index (χ0n) is 12.8. The molecule has 0 radical (unpaired) electrons. The van der Waals surface area contributed by atoms with Crippen molar-refractivity contribution < 1.29 is 13.2 Å². The number of halogens is 3. The van der Waals surface area contributed by atoms with Crippen molar-refractivity contribution >= 4 is 11.6 Å². The van der Waals surface area contributed by atoms with E-state index >= 15 is 0 Å². The predicted molar refractivity (Wildman–Crippen MR) is 82.9 cm³/mol. The molecule has 3 heterocycles. The molecule has 5 nitrogen and oxygen atoms in total. The molecule has 2 aromatic rings. The third-order valence-electron chi connectivity index (χ3n) is 4.25. The molecule has 0 bridgehead atoms. The number of nitrogens with zero attached hydrogens (tertiary/aromatic N) is 4. The van der Waals surface area contributed by atoms with E-state index in [0.29, 0.717) is 24.8 Å². The Morgan fingerprint density at radius 2 is 1.83 bits per heavy atom. The van der Waals surface area contributed by atoms with Gasteiger partial charge in [-0.2, -0.15) is 13.2 Å². The van der Waals surface area contributed by atoms with Gasteiger partial charge in [-0.05, 0) is 31.0 Å². The van der Waals surface area contributed by atoms with Crippen LogP contribution in [-0.2, 0) is 6.18 Å². The maximum atomic E-state index is 12.8. The van der Waals surface area contributed by atoms with Gasteiger partial charge in [0.25, 0.3) is 0 Å². The fourth-order valence-electron chi connectivity index (χ4n) is 2.73. The number of hydrogen-bond donors (Lipinski definition) is 1. The van der Waals surface area contributed by atoms with Crippen LogP contribution in [0.2, 0.25) is 0 Å². The molecular formula is C16H16F3N5. The number of alkyl halides is 3. The SMILES string of the molecule is FC(F)(F)c1ccnc(N2CC(Nc3ccnc(C4CC4)n3)C2)c1. The van der Waals surface area contributed by atoms with Crippen LogP contribution in [0.15, 0.2) is 30.6 Å². The van der Waals surface area contributed by atoms with Crippen LogP contribution in [0.3, 0.4) is 0 Å². The van der Waals surface area contributed by atoms with E-state index in [9.17, 15) is 13.2 Å². The van der Waals surface area contributed by atoms with Crippen LogP contribution >= 0.6 is 0 Å². The minimum Gasteiger partial charge on any atom is -0.364 e. The summed E-state index contributed by atoms with van der Waals surface area (Å²) in [5.41, 5.74) is -0.672. The Hall–Kier alpha value is -2.38. The third kappa shape index (κ3) is 3.13. The van der Waals surface area contributed by atoms with Gasteiger partial charge >= 0.3 is 6.18 Å². The molecule has 8 heteroatoms. The Balaban J connectivity index is 1.37. The lowest BCUT2D eigenvalue weighted by molar-refractivity contribution is -0.137. The summed E-state index contributed by atoms with van der Waals surface area (Å²) in [5.74, 6) is 2.48. The molecule has 0 atom stereocenters. The molecule has 0 amide bonds. The molecule has 1 aliphatic carbocycles. The monoisotopic (exact) mass is 335 g/mol. The zero-order valence-corrected chi connectivity index (χ0v) is 12.8. The standard InChI is InChI=1S/C16H16F3N5/c17-16(18,19)11-3-5-20-14(7-11)24-8-12(9-24)22-13-4-6-21-15(23-13)10-1-2-10/h3-7,10,12H,1-2,8-9H2,(H,21,22,23). The Morgan fingerprint density at radius 3 is 2.54 bits per heavy atom. The number of aromatic nitrogens is 3. The molecule has 126 valence electrons. The fraction of sp³-hybridized carbons (Fsp3) is 0.438. The molecule has 1 saturated carbocycles. The van der Waals surface area contributed by atoms with Crippen molar-refractivity contribution in [3.8, 4) is 0 Å². The average molecular weight is 335 g/mol. The summed E-state index contributed by atoms with van der Waals surface area (Å²) in [6, 6.07) is 4.03. The van der Waals surface area contributed by atoms with Gasteiger partial charge < -0.3 is 10.2 Å². The Bertz CT molecular complexity index is 738. The van der Waals surface area contributed by atoms with Gasteiger partial charge in [0.05, 0.1) is 11.6 Å². The van der Waals surface area contributed by atoms with Crippen LogP contribution in [-0.4, -0.2) is 34.1 Å². The molecule has 2 aromatic heterocycles. The topological polar surface area (TPSA) is 53.9 Å². The van der Waals surface area contributed by atoms with Crippen molar-refractivity contribution in [2.45, 2.75) is 31.0 Å². The van der Waals surface area contributed by atoms with Crippen LogP contribution in [0, 0.1) is 0 Å². The maximum absolute atomic E-state index is 12.8. The summed E-state index contributed by atoms with van der Waals surface area (Å²) < 4.78 is 38.3. The van der Waals surface area contributed by atoms with Gasteiger partial charge in [0.15, 0.2) is 0 Å². The van der Waals surface area contributed by atoms with E-state index < -0.39 is 11.7 Å². The summed E-state index contributed by atoms with van der Waals surface area (Å²) in [4.78, 5) is 14.6. The number of nitrogens with one attached hydrogen (secondary N) is 1. The summed E-state index contributed by atoms with van der Waals surface area (Å²) in [7, 11) is 0. The average Bonchev–Trinajstić information content (AvgIpc) is 3.35. The van der Waals surface area contributed by atoms with E-state index in [1.165, 1.54) is 6.20 Å². The van der Waals surface area contributed by atoms with Crippen LogP contribution < -0.4 is 10.2 Å². The number of hydrogen-bond acceptors (Lipinski definition) is 5. The molecular weight excluding hydrogens is 319 g/mol. The van der Waals surface area contributed by atoms with Gasteiger partial charge in [-0.1, -0.05) is 0 Å². The van der Waals surface area contributed by atoms with Crippen LogP contribution in [0.5, 0.6) is 0 Å². The minimum atomic E-state index is -4.35. The highest BCUT2D eigenvalue weighted by molar-refractivity contribution is 5.48. The number of rotatable bonds is 4. The van der Waals surface area contributed by atoms with Crippen molar-refractivity contribution in [2.24, 2.45) is 0 Å². The first kappa shape index (κ1) is 15.2. The van der Waals surface area contributed by atoms with Crippen LogP contribution in [0.25, 0.3) is 0 Å². The first-order valence-electron chi connectivity index (χ1n) is 7.87. The summed E-state index contributed by atoms with van der Waals surface area (Å²) in [6.07, 6.45) is 0.878. The summed E-state index contributed by atoms with van der Waals surface area (Å²) in [6.45, 7) is 1.19. The Morgan fingerprint density at radius 1 is 1.08 bits per heavy atom. The zero-order chi connectivity index (χ0) is 16.7. The highest BCUT2D eigenvalue weighted by atomic mass is 19.4. The van der Waals surface area contributed by atoms with Gasteiger partial charge in [-0.3, -0.25) is 0 Å². The molecule has 2 fully saturated rings. The molecule has 1 aliphatic heterocycles. The first-order valence-corrected chi connectivity index (χ1v) is 7.87. The second-order valence-corrected chi connectivity index (χ2v) is 6.22. The number of pyridine rings is 1. The minimum absolute atomic E-state index is 0.142. The van der Waals surface area contributed by atoms with Gasteiger partial charge in [0.1, 0.15) is 17.5 Å². The van der Waals surface area contributed by atoms with E-state index in [4.69, 9.17) is 0 Å². The van der Waals surface area contributed by atoms with Gasteiger partial charge in [-0.25, -0.2) is 15.0 Å². The van der Waals surface area contributed by atoms with Crippen molar-refractivity contribution in [3.05, 3.63) is 42.0 Å². The predicted octanol–water partition coefficient (Wildman–Crippen LogP) is 3.07. The van der Waals surface area contributed by atoms with Crippen molar-refractivity contribution in [2.75, 3.05) is 23.3 Å². The second kappa shape index (κ2) is 5.61. The van der Waals surface area contributed by atoms with E-state index in [-0.39, 0.29) is 6.04 Å². The van der Waals surface area contributed by atoms with Crippen molar-refractivity contribution in [1.29, 1.82) is 0 Å². The highest BCUT2D eigenvalue weighted by Gasteiger charge is 2.33. The van der Waals surface area contributed by atoms with Crippen molar-refractivity contribution in [1.82, 2.24) is 15.0 Å². The molecule has 24 heavy (non-hydrogen) atoms. The molecule has 2 aliphatic rings. The van der Waals surface area contributed by atoms with Gasteiger partial charge in [-0.15, -0.1) is 0 Å². The molecule has 4 rings (SSSR count). The lowest BCUT2D eigenvalue weighted by Gasteiger charge is -2.40. The van der Waals surface area contributed by atoms with Crippen LogP contribution in [0.4, 0.5) is 24.8 Å². The fourth-order valence-corrected chi connectivity index (χ4v) is 2.73. The molecule has 0 aromatic carbocycles. The summed E-state index contributed by atoms with van der Waals surface area (Å²) in [5, 5.41) is 3.30. The lowest BCUT2D eigenvalue weighted by Crippen LogP contribution is -2.55. The molecule has 1 N–H and O–H groups in total. The smallest absolute Gasteiger partial charge is 0.364 e. The van der Waals surface area contributed by atoms with E-state index in [1.54, 1.807) is 6.20 Å². The quantitative estimate of drug-likeness (QED) is 0.931. The van der Waals surface area contributed by atoms with Gasteiger partial charge in [0, 0.05) is 31.4 Å². The number of anilines is 2. The Labute approximate surface area is 136 Å².